The standard InChI is InChI=1S/C26H18ClFIN3O6/c1-37-21-12-14(11-20(29)23(21)38-13-22(33)30-17-6-4-16(28)5-7-17)10-19-24(34)31-26(36)32(25(19)35)18-8-2-15(27)3-9-18/h2-12H,13H2,1H3,(H,30,33)(H,31,34,36)/b19-10+. The number of nitrogens with zero attached hydrogens (tertiary/aromatic N) is 1. The van der Waals surface area contributed by atoms with Crippen molar-refractivity contribution < 1.29 is 33.0 Å². The molecule has 1 heterocycles. The predicted octanol–water partition coefficient (Wildman–Crippen LogP) is 4.78. The maximum atomic E-state index is 13.1. The summed E-state index contributed by atoms with van der Waals surface area (Å²) in [5.41, 5.74) is 0.790. The first-order chi connectivity index (χ1) is 18.2. The lowest BCUT2D eigenvalue weighted by Crippen LogP contribution is -2.54. The van der Waals surface area contributed by atoms with E-state index < -0.39 is 29.6 Å². The number of hydrogen-bond donors (Lipinski definition) is 2. The fourth-order valence-electron chi connectivity index (χ4n) is 3.48. The second-order valence-electron chi connectivity index (χ2n) is 7.81. The summed E-state index contributed by atoms with van der Waals surface area (Å²) < 4.78 is 24.6. The topological polar surface area (TPSA) is 114 Å². The van der Waals surface area contributed by atoms with Crippen LogP contribution in [0, 0.1) is 9.39 Å². The lowest BCUT2D eigenvalue weighted by atomic mass is 10.1. The Balaban J connectivity index is 1.55. The molecule has 5 amide bonds. The lowest BCUT2D eigenvalue weighted by Gasteiger charge is -2.26. The molecule has 0 aliphatic carbocycles. The third-order valence-corrected chi connectivity index (χ3v) is 6.28. The van der Waals surface area contributed by atoms with E-state index in [0.717, 1.165) is 4.90 Å². The molecule has 1 saturated heterocycles. The van der Waals surface area contributed by atoms with Gasteiger partial charge in [0.1, 0.15) is 11.4 Å². The van der Waals surface area contributed by atoms with Crippen LogP contribution in [0.15, 0.2) is 66.2 Å². The van der Waals surface area contributed by atoms with Crippen LogP contribution in [0.5, 0.6) is 11.5 Å². The van der Waals surface area contributed by atoms with Crippen LogP contribution in [-0.2, 0) is 14.4 Å². The number of urea groups is 1. The van der Waals surface area contributed by atoms with Crippen LogP contribution in [-0.4, -0.2) is 37.5 Å². The smallest absolute Gasteiger partial charge is 0.335 e. The molecule has 1 fully saturated rings. The van der Waals surface area contributed by atoms with Crippen LogP contribution in [0.4, 0.5) is 20.6 Å². The molecule has 0 aromatic heterocycles. The van der Waals surface area contributed by atoms with E-state index in [9.17, 15) is 23.6 Å². The number of hydrogen-bond acceptors (Lipinski definition) is 6. The van der Waals surface area contributed by atoms with E-state index in [1.54, 1.807) is 6.07 Å². The second-order valence-corrected chi connectivity index (χ2v) is 9.41. The van der Waals surface area contributed by atoms with Crippen LogP contribution < -0.4 is 25.0 Å². The van der Waals surface area contributed by atoms with E-state index in [2.05, 4.69) is 10.6 Å². The van der Waals surface area contributed by atoms with Crippen molar-refractivity contribution in [3.63, 3.8) is 0 Å². The summed E-state index contributed by atoms with van der Waals surface area (Å²) in [6.07, 6.45) is 1.32. The number of methoxy groups -OCH3 is 1. The zero-order chi connectivity index (χ0) is 27.4. The quantitative estimate of drug-likeness (QED) is 0.217. The van der Waals surface area contributed by atoms with Gasteiger partial charge in [-0.2, -0.15) is 0 Å². The van der Waals surface area contributed by atoms with Crippen molar-refractivity contribution in [2.45, 2.75) is 0 Å². The Morgan fingerprint density at radius 3 is 2.45 bits per heavy atom. The van der Waals surface area contributed by atoms with Gasteiger partial charge in [0, 0.05) is 10.7 Å². The Hall–Kier alpha value is -3.97. The van der Waals surface area contributed by atoms with Gasteiger partial charge in [-0.15, -0.1) is 0 Å². The minimum atomic E-state index is -0.880. The Labute approximate surface area is 234 Å². The molecule has 194 valence electrons. The molecule has 3 aromatic rings. The molecular formula is C26H18ClFIN3O6. The molecule has 0 spiro atoms. The monoisotopic (exact) mass is 649 g/mol. The van der Waals surface area contributed by atoms with Gasteiger partial charge in [-0.05, 0) is 94.9 Å². The van der Waals surface area contributed by atoms with Crippen molar-refractivity contribution in [1.82, 2.24) is 5.32 Å². The summed E-state index contributed by atoms with van der Waals surface area (Å²) in [4.78, 5) is 51.1. The third-order valence-electron chi connectivity index (χ3n) is 5.22. The molecule has 2 N–H and O–H groups in total. The number of carbonyl (C=O) groups excluding carboxylic acids is 4. The molecule has 9 nitrogen and oxygen atoms in total. The highest BCUT2D eigenvalue weighted by Crippen LogP contribution is 2.35. The number of nitrogens with one attached hydrogen (secondary N) is 2. The van der Waals surface area contributed by atoms with Crippen LogP contribution in [0.1, 0.15) is 5.56 Å². The van der Waals surface area contributed by atoms with Gasteiger partial charge < -0.3 is 14.8 Å². The number of ether oxygens (including phenoxy) is 2. The summed E-state index contributed by atoms with van der Waals surface area (Å²) in [5.74, 6) is -2.05. The van der Waals surface area contributed by atoms with Gasteiger partial charge in [-0.1, -0.05) is 11.6 Å². The molecule has 0 unspecified atom stereocenters. The first-order valence-corrected chi connectivity index (χ1v) is 12.3. The first kappa shape index (κ1) is 27.1. The fourth-order valence-corrected chi connectivity index (χ4v) is 4.39. The first-order valence-electron chi connectivity index (χ1n) is 10.9. The van der Waals surface area contributed by atoms with Crippen molar-refractivity contribution in [1.29, 1.82) is 0 Å². The van der Waals surface area contributed by atoms with Gasteiger partial charge in [0.05, 0.1) is 16.4 Å². The Kier molecular flexibility index (Phi) is 8.27. The van der Waals surface area contributed by atoms with Gasteiger partial charge in [0.2, 0.25) is 0 Å². The van der Waals surface area contributed by atoms with Crippen LogP contribution in [0.3, 0.4) is 0 Å². The minimum absolute atomic E-state index is 0.241. The second kappa shape index (κ2) is 11.6. The van der Waals surface area contributed by atoms with E-state index >= 15 is 0 Å². The van der Waals surface area contributed by atoms with Crippen molar-refractivity contribution in [3.05, 3.63) is 86.2 Å². The van der Waals surface area contributed by atoms with E-state index in [4.69, 9.17) is 21.1 Å². The number of barbiturate groups is 1. The van der Waals surface area contributed by atoms with Crippen LogP contribution in [0.25, 0.3) is 6.08 Å². The van der Waals surface area contributed by atoms with Crippen molar-refractivity contribution in [2.24, 2.45) is 0 Å². The minimum Gasteiger partial charge on any atom is -0.493 e. The molecule has 0 saturated carbocycles. The third kappa shape index (κ3) is 6.11. The molecule has 0 atom stereocenters. The number of anilines is 2. The number of carbonyl (C=O) groups is 4. The maximum absolute atomic E-state index is 13.1. The van der Waals surface area contributed by atoms with Crippen LogP contribution in [0.2, 0.25) is 5.02 Å². The van der Waals surface area contributed by atoms with Gasteiger partial charge in [-0.3, -0.25) is 19.7 Å². The van der Waals surface area contributed by atoms with E-state index in [0.29, 0.717) is 19.8 Å². The molecule has 1 aliphatic heterocycles. The molecule has 3 aromatic carbocycles. The van der Waals surface area contributed by atoms with E-state index in [1.807, 2.05) is 22.6 Å². The fraction of sp³-hybridized carbons (Fsp3) is 0.0769. The SMILES string of the molecule is COc1cc(/C=C2\C(=O)NC(=O)N(c3ccc(Cl)cc3)C2=O)cc(I)c1OCC(=O)Nc1ccc(F)cc1. The average molecular weight is 650 g/mol. The van der Waals surface area contributed by atoms with Crippen LogP contribution >= 0.6 is 34.2 Å². The van der Waals surface area contributed by atoms with E-state index in [1.165, 1.54) is 67.8 Å². The molecule has 38 heavy (non-hydrogen) atoms. The van der Waals surface area contributed by atoms with Gasteiger partial charge in [0.15, 0.2) is 18.1 Å². The number of amides is 5. The van der Waals surface area contributed by atoms with Crippen molar-refractivity contribution in [3.8, 4) is 11.5 Å². The predicted molar refractivity (Wildman–Crippen MR) is 147 cm³/mol. The lowest BCUT2D eigenvalue weighted by molar-refractivity contribution is -0.122. The summed E-state index contributed by atoms with van der Waals surface area (Å²) >= 11 is 7.86. The zero-order valence-electron chi connectivity index (χ0n) is 19.6. The highest BCUT2D eigenvalue weighted by molar-refractivity contribution is 14.1. The summed E-state index contributed by atoms with van der Waals surface area (Å²) in [5, 5.41) is 5.17. The Morgan fingerprint density at radius 2 is 1.79 bits per heavy atom. The Bertz CT molecular complexity index is 1460. The average Bonchev–Trinajstić information content (AvgIpc) is 2.88. The van der Waals surface area contributed by atoms with E-state index in [-0.39, 0.29) is 29.4 Å². The van der Waals surface area contributed by atoms with Crippen molar-refractivity contribution in [2.75, 3.05) is 23.9 Å². The molecule has 0 bridgehead atoms. The number of rotatable bonds is 7. The number of imide groups is 2. The largest absolute Gasteiger partial charge is 0.493 e. The van der Waals surface area contributed by atoms with Gasteiger partial charge in [0.25, 0.3) is 17.7 Å². The Morgan fingerprint density at radius 1 is 1.11 bits per heavy atom. The summed E-state index contributed by atoms with van der Waals surface area (Å²) in [7, 11) is 1.40. The normalized spacial score (nSPS) is 14.4. The molecule has 0 radical (unpaired) electrons. The van der Waals surface area contributed by atoms with Gasteiger partial charge >= 0.3 is 6.03 Å². The summed E-state index contributed by atoms with van der Waals surface area (Å²) in [6, 6.07) is 13.5. The summed E-state index contributed by atoms with van der Waals surface area (Å²) in [6.45, 7) is -0.358. The molecular weight excluding hydrogens is 632 g/mol. The molecule has 4 rings (SSSR count). The highest BCUT2D eigenvalue weighted by atomic mass is 127. The maximum Gasteiger partial charge on any atom is 0.335 e. The molecule has 12 heteroatoms. The number of benzene rings is 3. The highest BCUT2D eigenvalue weighted by Gasteiger charge is 2.36. The molecule has 1 aliphatic rings. The zero-order valence-corrected chi connectivity index (χ0v) is 22.5. The van der Waals surface area contributed by atoms with Gasteiger partial charge in [-0.25, -0.2) is 14.1 Å². The number of halogens is 3. The van der Waals surface area contributed by atoms with Crippen molar-refractivity contribution >= 4 is 75.4 Å².